The van der Waals surface area contributed by atoms with Crippen molar-refractivity contribution in [1.82, 2.24) is 0 Å². The van der Waals surface area contributed by atoms with Crippen molar-refractivity contribution in [3.05, 3.63) is 58.9 Å². The number of carbonyl (C=O) groups is 1. The lowest BCUT2D eigenvalue weighted by Gasteiger charge is -2.08. The third-order valence-electron chi connectivity index (χ3n) is 3.39. The van der Waals surface area contributed by atoms with E-state index in [9.17, 15) is 18.0 Å². The number of rotatable bonds is 5. The first-order chi connectivity index (χ1) is 10.9. The molecule has 0 aliphatic carbocycles. The number of hydrogen-bond acceptors (Lipinski definition) is 2. The highest BCUT2D eigenvalue weighted by Gasteiger charge is 2.15. The minimum atomic E-state index is -1.59. The fourth-order valence-electron chi connectivity index (χ4n) is 1.90. The van der Waals surface area contributed by atoms with Crippen LogP contribution in [0.25, 0.3) is 0 Å². The van der Waals surface area contributed by atoms with E-state index in [0.717, 1.165) is 17.0 Å². The van der Waals surface area contributed by atoms with Crippen molar-refractivity contribution >= 4 is 23.4 Å². The highest BCUT2D eigenvalue weighted by atomic mass is 32.2. The summed E-state index contributed by atoms with van der Waals surface area (Å²) in [7, 11) is 0. The first-order valence-corrected chi connectivity index (χ1v) is 8.00. The summed E-state index contributed by atoms with van der Waals surface area (Å²) in [4.78, 5) is 12.8. The summed E-state index contributed by atoms with van der Waals surface area (Å²) in [6.45, 7) is 4.03. The number of halogens is 3. The van der Waals surface area contributed by atoms with Crippen LogP contribution in [-0.2, 0) is 4.79 Å². The quantitative estimate of drug-likeness (QED) is 0.624. The molecule has 0 atom stereocenters. The Bertz CT molecular complexity index is 734. The van der Waals surface area contributed by atoms with E-state index >= 15 is 0 Å². The zero-order valence-corrected chi connectivity index (χ0v) is 13.6. The fourth-order valence-corrected chi connectivity index (χ4v) is 2.85. The van der Waals surface area contributed by atoms with Crippen LogP contribution in [0.5, 0.6) is 0 Å². The van der Waals surface area contributed by atoms with Gasteiger partial charge < -0.3 is 5.32 Å². The highest BCUT2D eigenvalue weighted by molar-refractivity contribution is 7.99. The molecule has 2 aromatic carbocycles. The van der Waals surface area contributed by atoms with Gasteiger partial charge in [0.15, 0.2) is 17.5 Å². The van der Waals surface area contributed by atoms with E-state index in [-0.39, 0.29) is 12.1 Å². The van der Waals surface area contributed by atoms with E-state index in [1.807, 2.05) is 32.0 Å². The minimum absolute atomic E-state index is 0.135. The van der Waals surface area contributed by atoms with Gasteiger partial charge in [0.05, 0.1) is 5.69 Å². The molecule has 1 amide bonds. The average Bonchev–Trinajstić information content (AvgIpc) is 2.51. The molecule has 122 valence electrons. The monoisotopic (exact) mass is 339 g/mol. The Morgan fingerprint density at radius 1 is 1.04 bits per heavy atom. The van der Waals surface area contributed by atoms with Gasteiger partial charge in [0.1, 0.15) is 0 Å². The topological polar surface area (TPSA) is 29.1 Å². The molecule has 0 aromatic heterocycles. The van der Waals surface area contributed by atoms with Gasteiger partial charge in [-0.25, -0.2) is 13.2 Å². The normalized spacial score (nSPS) is 10.7. The summed E-state index contributed by atoms with van der Waals surface area (Å²) >= 11 is 1.50. The third kappa shape index (κ3) is 4.51. The minimum Gasteiger partial charge on any atom is -0.323 e. The Morgan fingerprint density at radius 3 is 2.48 bits per heavy atom. The largest absolute Gasteiger partial charge is 0.323 e. The van der Waals surface area contributed by atoms with Gasteiger partial charge in [0.2, 0.25) is 5.91 Å². The first kappa shape index (κ1) is 17.4. The molecular weight excluding hydrogens is 323 g/mol. The van der Waals surface area contributed by atoms with Crippen LogP contribution in [0.1, 0.15) is 17.5 Å². The molecular formula is C17H16F3NOS. The Labute approximate surface area is 137 Å². The second kappa shape index (κ2) is 7.55. The van der Waals surface area contributed by atoms with Gasteiger partial charge in [-0.05, 0) is 49.2 Å². The third-order valence-corrected chi connectivity index (χ3v) is 4.38. The molecule has 0 radical (unpaired) electrons. The second-order valence-corrected chi connectivity index (χ2v) is 6.28. The molecule has 2 nitrogen and oxygen atoms in total. The van der Waals surface area contributed by atoms with E-state index in [2.05, 4.69) is 5.32 Å². The maximum Gasteiger partial charge on any atom is 0.225 e. The number of anilines is 1. The molecule has 0 spiro atoms. The van der Waals surface area contributed by atoms with Crippen LogP contribution in [0.15, 0.2) is 35.2 Å². The van der Waals surface area contributed by atoms with E-state index < -0.39 is 23.4 Å². The molecule has 0 fully saturated rings. The van der Waals surface area contributed by atoms with E-state index in [4.69, 9.17) is 0 Å². The van der Waals surface area contributed by atoms with Crippen LogP contribution in [0.4, 0.5) is 18.9 Å². The van der Waals surface area contributed by atoms with Gasteiger partial charge in [0.25, 0.3) is 0 Å². The molecule has 0 aliphatic rings. The predicted molar refractivity (Wildman–Crippen MR) is 86.2 cm³/mol. The summed E-state index contributed by atoms with van der Waals surface area (Å²) < 4.78 is 39.4. The molecule has 2 aromatic rings. The zero-order valence-electron chi connectivity index (χ0n) is 12.8. The summed E-state index contributed by atoms with van der Waals surface area (Å²) in [5, 5.41) is 2.25. The Morgan fingerprint density at radius 2 is 1.78 bits per heavy atom. The van der Waals surface area contributed by atoms with E-state index in [1.165, 1.54) is 22.9 Å². The molecule has 6 heteroatoms. The molecule has 0 unspecified atom stereocenters. The highest BCUT2D eigenvalue weighted by Crippen LogP contribution is 2.23. The van der Waals surface area contributed by atoms with Crippen molar-refractivity contribution in [2.24, 2.45) is 0 Å². The SMILES string of the molecule is Cc1ccc(SCCC(=O)Nc2ccc(F)c(F)c2F)cc1C. The Kier molecular flexibility index (Phi) is 5.71. The van der Waals surface area contributed by atoms with Crippen LogP contribution in [-0.4, -0.2) is 11.7 Å². The van der Waals surface area contributed by atoms with Crippen molar-refractivity contribution in [1.29, 1.82) is 0 Å². The van der Waals surface area contributed by atoms with Gasteiger partial charge in [-0.3, -0.25) is 4.79 Å². The second-order valence-electron chi connectivity index (χ2n) is 5.12. The maximum absolute atomic E-state index is 13.5. The number of nitrogens with one attached hydrogen (secondary N) is 1. The van der Waals surface area contributed by atoms with Gasteiger partial charge >= 0.3 is 0 Å². The van der Waals surface area contributed by atoms with Gasteiger partial charge in [0, 0.05) is 17.1 Å². The molecule has 23 heavy (non-hydrogen) atoms. The maximum atomic E-state index is 13.5. The molecule has 0 heterocycles. The van der Waals surface area contributed by atoms with Crippen molar-refractivity contribution in [2.45, 2.75) is 25.2 Å². The number of hydrogen-bond donors (Lipinski definition) is 1. The van der Waals surface area contributed by atoms with E-state index in [0.29, 0.717) is 5.75 Å². The van der Waals surface area contributed by atoms with Crippen LogP contribution >= 0.6 is 11.8 Å². The van der Waals surface area contributed by atoms with Crippen LogP contribution in [0.2, 0.25) is 0 Å². The van der Waals surface area contributed by atoms with Gasteiger partial charge in [-0.15, -0.1) is 11.8 Å². The summed E-state index contributed by atoms with van der Waals surface area (Å²) in [5.74, 6) is -4.22. The van der Waals surface area contributed by atoms with Gasteiger partial charge in [-0.2, -0.15) is 0 Å². The number of benzene rings is 2. The molecule has 2 rings (SSSR count). The van der Waals surface area contributed by atoms with Crippen LogP contribution in [0, 0.1) is 31.3 Å². The average molecular weight is 339 g/mol. The number of amides is 1. The smallest absolute Gasteiger partial charge is 0.225 e. The summed E-state index contributed by atoms with van der Waals surface area (Å²) in [5.41, 5.74) is 2.01. The van der Waals surface area contributed by atoms with Crippen LogP contribution < -0.4 is 5.32 Å². The van der Waals surface area contributed by atoms with Gasteiger partial charge in [-0.1, -0.05) is 6.07 Å². The van der Waals surface area contributed by atoms with Crippen molar-refractivity contribution in [3.63, 3.8) is 0 Å². The number of aryl methyl sites for hydroxylation is 2. The lowest BCUT2D eigenvalue weighted by molar-refractivity contribution is -0.115. The lowest BCUT2D eigenvalue weighted by atomic mass is 10.1. The molecule has 0 aliphatic heterocycles. The fraction of sp³-hybridized carbons (Fsp3) is 0.235. The van der Waals surface area contributed by atoms with Crippen molar-refractivity contribution in [3.8, 4) is 0 Å². The molecule has 0 saturated heterocycles. The van der Waals surface area contributed by atoms with E-state index in [1.54, 1.807) is 0 Å². The van der Waals surface area contributed by atoms with Crippen LogP contribution in [0.3, 0.4) is 0 Å². The summed E-state index contributed by atoms with van der Waals surface area (Å²) in [6.07, 6.45) is 0.135. The summed E-state index contributed by atoms with van der Waals surface area (Å²) in [6, 6.07) is 7.79. The standard InChI is InChI=1S/C17H16F3NOS/c1-10-3-4-12(9-11(10)2)23-8-7-15(22)21-14-6-5-13(18)16(19)17(14)20/h3-6,9H,7-8H2,1-2H3,(H,21,22). The Balaban J connectivity index is 1.88. The van der Waals surface area contributed by atoms with Crippen molar-refractivity contribution < 1.29 is 18.0 Å². The molecule has 0 saturated carbocycles. The first-order valence-electron chi connectivity index (χ1n) is 7.02. The molecule has 0 bridgehead atoms. The Hall–Kier alpha value is -1.95. The molecule has 1 N–H and O–H groups in total. The zero-order chi connectivity index (χ0) is 17.0. The lowest BCUT2D eigenvalue weighted by Crippen LogP contribution is -2.14. The predicted octanol–water partition coefficient (Wildman–Crippen LogP) is 4.84. The van der Waals surface area contributed by atoms with Crippen molar-refractivity contribution in [2.75, 3.05) is 11.1 Å². The number of thioether (sulfide) groups is 1. The number of carbonyl (C=O) groups excluding carboxylic acids is 1.